The number of nitrogens with zero attached hydrogens (tertiary/aromatic N) is 1. The molecule has 0 spiro atoms. The summed E-state index contributed by atoms with van der Waals surface area (Å²) in [7, 11) is 0. The molecule has 4 nitrogen and oxygen atoms in total. The molecule has 3 N–H and O–H groups in total. The topological polar surface area (TPSA) is 58.4 Å². The van der Waals surface area contributed by atoms with Crippen LogP contribution < -0.4 is 11.1 Å². The number of likely N-dealkylation sites (tertiary alicyclic amines) is 1. The number of carbonyl (C=O) groups excluding carboxylic acids is 1. The molecule has 0 saturated carbocycles. The number of hydrogen-bond donors (Lipinski definition) is 2. The van der Waals surface area contributed by atoms with Crippen molar-refractivity contribution in [1.29, 1.82) is 0 Å². The number of rotatable bonds is 3. The number of hydrogen-bond acceptors (Lipinski definition) is 3. The summed E-state index contributed by atoms with van der Waals surface area (Å²) >= 11 is 5.83. The Balaban J connectivity index is 0.00000180. The van der Waals surface area contributed by atoms with Crippen molar-refractivity contribution < 1.29 is 9.18 Å². The summed E-state index contributed by atoms with van der Waals surface area (Å²) in [5.41, 5.74) is 6.18. The Morgan fingerprint density at radius 1 is 1.58 bits per heavy atom. The molecule has 0 bridgehead atoms. The molecular weight excluding hydrogens is 292 g/mol. The summed E-state index contributed by atoms with van der Waals surface area (Å²) in [6, 6.07) is 4.02. The van der Waals surface area contributed by atoms with Gasteiger partial charge in [-0.3, -0.25) is 9.69 Å². The molecule has 1 heterocycles. The van der Waals surface area contributed by atoms with E-state index >= 15 is 0 Å². The van der Waals surface area contributed by atoms with Gasteiger partial charge in [-0.2, -0.15) is 0 Å². The first kappa shape index (κ1) is 16.2. The third kappa shape index (κ3) is 4.62. The zero-order chi connectivity index (χ0) is 13.1. The summed E-state index contributed by atoms with van der Waals surface area (Å²) in [4.78, 5) is 13.7. The number of nitrogens with two attached hydrogens (primary N) is 1. The van der Waals surface area contributed by atoms with Crippen LogP contribution in [0.5, 0.6) is 0 Å². The molecule has 1 aromatic carbocycles. The summed E-state index contributed by atoms with van der Waals surface area (Å²) in [6.45, 7) is 1.83. The first-order valence-electron chi connectivity index (χ1n) is 5.77. The maximum atomic E-state index is 12.8. The zero-order valence-corrected chi connectivity index (χ0v) is 11.8. The highest BCUT2D eigenvalue weighted by molar-refractivity contribution is 6.33. The van der Waals surface area contributed by atoms with Gasteiger partial charge in [0.05, 0.1) is 17.3 Å². The van der Waals surface area contributed by atoms with Gasteiger partial charge in [-0.15, -0.1) is 12.4 Å². The Labute approximate surface area is 122 Å². The number of nitrogens with one attached hydrogen (secondary N) is 1. The van der Waals surface area contributed by atoms with Crippen molar-refractivity contribution in [3.63, 3.8) is 0 Å². The van der Waals surface area contributed by atoms with Gasteiger partial charge in [0.2, 0.25) is 5.91 Å². The summed E-state index contributed by atoms with van der Waals surface area (Å²) in [5, 5.41) is 2.85. The van der Waals surface area contributed by atoms with Crippen LogP contribution in [0, 0.1) is 5.82 Å². The fourth-order valence-corrected chi connectivity index (χ4v) is 2.20. The van der Waals surface area contributed by atoms with Gasteiger partial charge >= 0.3 is 0 Å². The maximum Gasteiger partial charge on any atom is 0.238 e. The fraction of sp³-hybridized carbons (Fsp3) is 0.417. The quantitative estimate of drug-likeness (QED) is 0.896. The molecule has 19 heavy (non-hydrogen) atoms. The Bertz CT molecular complexity index is 459. The minimum Gasteiger partial charge on any atom is -0.326 e. The van der Waals surface area contributed by atoms with Crippen molar-refractivity contribution in [1.82, 2.24) is 4.90 Å². The molecule has 1 aromatic rings. The van der Waals surface area contributed by atoms with Crippen molar-refractivity contribution >= 4 is 35.6 Å². The molecule has 1 aliphatic heterocycles. The molecule has 2 rings (SSSR count). The van der Waals surface area contributed by atoms with E-state index in [9.17, 15) is 9.18 Å². The minimum absolute atomic E-state index is 0. The monoisotopic (exact) mass is 307 g/mol. The second kappa shape index (κ2) is 7.05. The number of halogens is 3. The largest absolute Gasteiger partial charge is 0.326 e. The molecule has 106 valence electrons. The first-order valence-corrected chi connectivity index (χ1v) is 6.15. The molecule has 0 radical (unpaired) electrons. The van der Waals surface area contributed by atoms with Crippen molar-refractivity contribution in [2.45, 2.75) is 12.5 Å². The Morgan fingerprint density at radius 2 is 2.32 bits per heavy atom. The summed E-state index contributed by atoms with van der Waals surface area (Å²) < 4.78 is 12.8. The lowest BCUT2D eigenvalue weighted by molar-refractivity contribution is -0.117. The molecule has 1 atom stereocenters. The molecule has 0 unspecified atom stereocenters. The maximum absolute atomic E-state index is 12.8. The van der Waals surface area contributed by atoms with Crippen LogP contribution in [0.1, 0.15) is 6.42 Å². The second-order valence-electron chi connectivity index (χ2n) is 4.46. The van der Waals surface area contributed by atoms with Gasteiger partial charge in [0.15, 0.2) is 0 Å². The number of carbonyl (C=O) groups is 1. The molecule has 7 heteroatoms. The van der Waals surface area contributed by atoms with Crippen molar-refractivity contribution in [2.75, 3.05) is 25.0 Å². The van der Waals surface area contributed by atoms with Crippen LogP contribution in [0.3, 0.4) is 0 Å². The molecule has 1 fully saturated rings. The molecule has 0 aliphatic carbocycles. The SMILES string of the molecule is Cl.N[C@@H]1CCN(CC(=O)Nc2ccc(F)cc2Cl)C1. The van der Waals surface area contributed by atoms with E-state index in [1.165, 1.54) is 18.2 Å². The molecule has 1 amide bonds. The van der Waals surface area contributed by atoms with E-state index in [1.807, 2.05) is 4.90 Å². The third-order valence-electron chi connectivity index (χ3n) is 2.88. The van der Waals surface area contributed by atoms with Crippen LogP contribution in [-0.2, 0) is 4.79 Å². The van der Waals surface area contributed by atoms with Crippen LogP contribution in [0.2, 0.25) is 5.02 Å². The van der Waals surface area contributed by atoms with Gasteiger partial charge in [-0.05, 0) is 24.6 Å². The van der Waals surface area contributed by atoms with Gasteiger partial charge in [-0.25, -0.2) is 4.39 Å². The lowest BCUT2D eigenvalue weighted by atomic mass is 10.3. The average Bonchev–Trinajstić information content (AvgIpc) is 2.68. The predicted molar refractivity (Wildman–Crippen MR) is 76.3 cm³/mol. The fourth-order valence-electron chi connectivity index (χ4n) is 1.99. The van der Waals surface area contributed by atoms with Crippen LogP contribution in [0.4, 0.5) is 10.1 Å². The predicted octanol–water partition coefficient (Wildman–Crippen LogP) is 1.87. The number of benzene rings is 1. The highest BCUT2D eigenvalue weighted by Crippen LogP contribution is 2.22. The van der Waals surface area contributed by atoms with E-state index in [1.54, 1.807) is 0 Å². The van der Waals surface area contributed by atoms with E-state index in [-0.39, 0.29) is 35.9 Å². The van der Waals surface area contributed by atoms with Crippen molar-refractivity contribution in [3.8, 4) is 0 Å². The Hall–Kier alpha value is -0.880. The lowest BCUT2D eigenvalue weighted by Crippen LogP contribution is -2.33. The van der Waals surface area contributed by atoms with Gasteiger partial charge in [0.1, 0.15) is 5.82 Å². The van der Waals surface area contributed by atoms with Crippen LogP contribution in [-0.4, -0.2) is 36.5 Å². The van der Waals surface area contributed by atoms with Gasteiger partial charge in [0, 0.05) is 19.1 Å². The van der Waals surface area contributed by atoms with E-state index in [0.717, 1.165) is 19.5 Å². The number of anilines is 1. The minimum atomic E-state index is -0.427. The molecule has 0 aromatic heterocycles. The smallest absolute Gasteiger partial charge is 0.238 e. The first-order chi connectivity index (χ1) is 8.54. The zero-order valence-electron chi connectivity index (χ0n) is 10.2. The second-order valence-corrected chi connectivity index (χ2v) is 4.86. The normalized spacial score (nSPS) is 19.0. The highest BCUT2D eigenvalue weighted by Gasteiger charge is 2.21. The summed E-state index contributed by atoms with van der Waals surface area (Å²) in [5.74, 6) is -0.596. The van der Waals surface area contributed by atoms with Crippen molar-refractivity contribution in [2.24, 2.45) is 5.73 Å². The van der Waals surface area contributed by atoms with Crippen LogP contribution in [0.25, 0.3) is 0 Å². The molecular formula is C12H16Cl2FN3O. The van der Waals surface area contributed by atoms with E-state index in [0.29, 0.717) is 5.69 Å². The Morgan fingerprint density at radius 3 is 2.89 bits per heavy atom. The third-order valence-corrected chi connectivity index (χ3v) is 3.19. The van der Waals surface area contributed by atoms with Crippen LogP contribution >= 0.6 is 24.0 Å². The lowest BCUT2D eigenvalue weighted by Gasteiger charge is -2.15. The summed E-state index contributed by atoms with van der Waals surface area (Å²) in [6.07, 6.45) is 0.907. The molecule has 1 aliphatic rings. The van der Waals surface area contributed by atoms with E-state index in [2.05, 4.69) is 5.32 Å². The average molecular weight is 308 g/mol. The number of amides is 1. The van der Waals surface area contributed by atoms with E-state index < -0.39 is 5.82 Å². The molecule has 1 saturated heterocycles. The Kier molecular flexibility index (Phi) is 6.00. The van der Waals surface area contributed by atoms with Crippen LogP contribution in [0.15, 0.2) is 18.2 Å². The van der Waals surface area contributed by atoms with Gasteiger partial charge in [0.25, 0.3) is 0 Å². The standard InChI is InChI=1S/C12H15ClFN3O.ClH/c13-10-5-8(14)1-2-11(10)16-12(18)7-17-4-3-9(15)6-17;/h1-2,5,9H,3-4,6-7,15H2,(H,16,18);1H/t9-;/m1./s1. The van der Waals surface area contributed by atoms with E-state index in [4.69, 9.17) is 17.3 Å². The van der Waals surface area contributed by atoms with Crippen molar-refractivity contribution in [3.05, 3.63) is 29.0 Å². The highest BCUT2D eigenvalue weighted by atomic mass is 35.5. The van der Waals surface area contributed by atoms with Gasteiger partial charge < -0.3 is 11.1 Å². The van der Waals surface area contributed by atoms with Gasteiger partial charge in [-0.1, -0.05) is 11.6 Å².